The number of fused-ring (bicyclic) bond motifs is 2. The molecule has 3 heterocycles. The number of amides is 2. The Morgan fingerprint density at radius 2 is 1.75 bits per heavy atom. The lowest BCUT2D eigenvalue weighted by Crippen LogP contribution is -2.70. The van der Waals surface area contributed by atoms with Gasteiger partial charge in [-0.25, -0.2) is 8.42 Å². The van der Waals surface area contributed by atoms with Crippen LogP contribution in [0.4, 0.5) is 0 Å². The minimum absolute atomic E-state index is 0.0424. The van der Waals surface area contributed by atoms with Crippen molar-refractivity contribution in [1.29, 1.82) is 0 Å². The molecule has 0 saturated carbocycles. The van der Waals surface area contributed by atoms with E-state index in [1.54, 1.807) is 55.3 Å². The van der Waals surface area contributed by atoms with E-state index in [1.807, 2.05) is 11.9 Å². The average Bonchev–Trinajstić information content (AvgIpc) is 3.07. The van der Waals surface area contributed by atoms with Crippen LogP contribution < -0.4 is 0 Å². The molecular formula is C25H31ClN4O5S. The summed E-state index contributed by atoms with van der Waals surface area (Å²) in [6.45, 7) is 3.32. The summed E-state index contributed by atoms with van der Waals surface area (Å²) in [7, 11) is -0.444. The summed E-state index contributed by atoms with van der Waals surface area (Å²) < 4.78 is 34.5. The largest absolute Gasteiger partial charge is 0.381 e. The SMILES string of the molecule is COCC12CN(S(=O)(=O)c3ccc4cc(Cl)ccc4c3)CC(=O)N1CC1(CCN(C(C)=O)CC1)N2C. The number of nitrogens with zero attached hydrogens (tertiary/aromatic N) is 4. The maximum atomic E-state index is 13.8. The van der Waals surface area contributed by atoms with E-state index in [1.165, 1.54) is 4.31 Å². The van der Waals surface area contributed by atoms with Gasteiger partial charge < -0.3 is 14.5 Å². The molecule has 2 amide bonds. The van der Waals surface area contributed by atoms with E-state index in [4.69, 9.17) is 16.3 Å². The zero-order valence-electron chi connectivity index (χ0n) is 20.7. The summed E-state index contributed by atoms with van der Waals surface area (Å²) in [6.07, 6.45) is 1.41. The van der Waals surface area contributed by atoms with E-state index >= 15 is 0 Å². The second kappa shape index (κ2) is 8.95. The van der Waals surface area contributed by atoms with Gasteiger partial charge >= 0.3 is 0 Å². The van der Waals surface area contributed by atoms with Crippen LogP contribution in [0.3, 0.4) is 0 Å². The number of carbonyl (C=O) groups is 2. The maximum Gasteiger partial charge on any atom is 0.243 e. The lowest BCUT2D eigenvalue weighted by atomic mass is 9.86. The van der Waals surface area contributed by atoms with Crippen molar-refractivity contribution in [3.63, 3.8) is 0 Å². The summed E-state index contributed by atoms with van der Waals surface area (Å²) in [4.78, 5) is 31.3. The van der Waals surface area contributed by atoms with Gasteiger partial charge in [0.05, 0.1) is 24.6 Å². The van der Waals surface area contributed by atoms with Gasteiger partial charge in [-0.2, -0.15) is 4.31 Å². The first-order chi connectivity index (χ1) is 17.0. The molecule has 1 unspecified atom stereocenters. The number of sulfonamides is 1. The summed E-state index contributed by atoms with van der Waals surface area (Å²) in [5.41, 5.74) is -1.28. The zero-order chi connectivity index (χ0) is 25.9. The van der Waals surface area contributed by atoms with Gasteiger partial charge in [0.15, 0.2) is 0 Å². The molecule has 36 heavy (non-hydrogen) atoms. The average molecular weight is 535 g/mol. The van der Waals surface area contributed by atoms with E-state index in [2.05, 4.69) is 4.90 Å². The normalized spacial score (nSPS) is 25.1. The van der Waals surface area contributed by atoms with Gasteiger partial charge in [0.1, 0.15) is 5.66 Å². The van der Waals surface area contributed by atoms with E-state index in [-0.39, 0.29) is 41.9 Å². The minimum atomic E-state index is -3.96. The minimum Gasteiger partial charge on any atom is -0.381 e. The lowest BCUT2D eigenvalue weighted by Gasteiger charge is -2.50. The van der Waals surface area contributed by atoms with Gasteiger partial charge in [-0.15, -0.1) is 0 Å². The second-order valence-corrected chi connectivity index (χ2v) is 12.5. The number of benzene rings is 2. The molecule has 2 aromatic rings. The number of carbonyl (C=O) groups excluding carboxylic acids is 2. The van der Waals surface area contributed by atoms with Crippen molar-refractivity contribution >= 4 is 44.2 Å². The van der Waals surface area contributed by atoms with Gasteiger partial charge in [-0.3, -0.25) is 14.5 Å². The molecule has 2 aromatic carbocycles. The highest BCUT2D eigenvalue weighted by Gasteiger charge is 2.63. The number of piperidine rings is 1. The van der Waals surface area contributed by atoms with Crippen LogP contribution >= 0.6 is 11.6 Å². The van der Waals surface area contributed by atoms with E-state index in [0.29, 0.717) is 37.5 Å². The number of piperazine rings is 1. The zero-order valence-corrected chi connectivity index (χ0v) is 22.3. The molecule has 3 saturated heterocycles. The van der Waals surface area contributed by atoms with Gasteiger partial charge in [-0.05, 0) is 54.9 Å². The van der Waals surface area contributed by atoms with Crippen molar-refractivity contribution < 1.29 is 22.7 Å². The van der Waals surface area contributed by atoms with Crippen LogP contribution in [0.2, 0.25) is 5.02 Å². The number of hydrogen-bond acceptors (Lipinski definition) is 6. The Bertz CT molecular complexity index is 1330. The van der Waals surface area contributed by atoms with Gasteiger partial charge in [-0.1, -0.05) is 23.7 Å². The van der Waals surface area contributed by atoms with Crippen LogP contribution in [0.1, 0.15) is 19.8 Å². The molecule has 1 atom stereocenters. The third-order valence-corrected chi connectivity index (χ3v) is 10.3. The maximum absolute atomic E-state index is 13.8. The molecule has 0 N–H and O–H groups in total. The lowest BCUT2D eigenvalue weighted by molar-refractivity contribution is -0.152. The van der Waals surface area contributed by atoms with Gasteiger partial charge in [0.2, 0.25) is 21.8 Å². The number of likely N-dealkylation sites (tertiary alicyclic amines) is 1. The van der Waals surface area contributed by atoms with Crippen LogP contribution in [0.25, 0.3) is 10.8 Å². The Hall–Kier alpha value is -2.24. The van der Waals surface area contributed by atoms with Crippen LogP contribution in [0.5, 0.6) is 0 Å². The van der Waals surface area contributed by atoms with Crippen molar-refractivity contribution in [1.82, 2.24) is 19.0 Å². The molecule has 5 rings (SSSR count). The van der Waals surface area contributed by atoms with Crippen molar-refractivity contribution in [3.05, 3.63) is 41.4 Å². The Balaban J connectivity index is 1.48. The van der Waals surface area contributed by atoms with E-state index in [9.17, 15) is 18.0 Å². The first-order valence-electron chi connectivity index (χ1n) is 12.0. The number of halogens is 1. The molecule has 3 aliphatic rings. The van der Waals surface area contributed by atoms with Crippen molar-refractivity contribution in [2.75, 3.05) is 53.5 Å². The Morgan fingerprint density at radius 3 is 2.42 bits per heavy atom. The first-order valence-corrected chi connectivity index (χ1v) is 13.8. The molecule has 0 radical (unpaired) electrons. The third-order valence-electron chi connectivity index (χ3n) is 8.26. The first kappa shape index (κ1) is 25.4. The summed E-state index contributed by atoms with van der Waals surface area (Å²) in [5.74, 6) is -0.201. The van der Waals surface area contributed by atoms with Crippen molar-refractivity contribution in [3.8, 4) is 0 Å². The van der Waals surface area contributed by atoms with Crippen LogP contribution in [-0.4, -0.2) is 104 Å². The highest BCUT2D eigenvalue weighted by atomic mass is 35.5. The highest BCUT2D eigenvalue weighted by molar-refractivity contribution is 7.89. The fraction of sp³-hybridized carbons (Fsp3) is 0.520. The predicted molar refractivity (Wildman–Crippen MR) is 136 cm³/mol. The predicted octanol–water partition coefficient (Wildman–Crippen LogP) is 2.00. The van der Waals surface area contributed by atoms with Crippen LogP contribution in [0, 0.1) is 0 Å². The van der Waals surface area contributed by atoms with Crippen LogP contribution in [0.15, 0.2) is 41.3 Å². The molecule has 194 valence electrons. The molecule has 9 nitrogen and oxygen atoms in total. The van der Waals surface area contributed by atoms with Gasteiger partial charge in [0.25, 0.3) is 0 Å². The quantitative estimate of drug-likeness (QED) is 0.596. The van der Waals surface area contributed by atoms with Crippen molar-refractivity contribution in [2.24, 2.45) is 0 Å². The Labute approximate surface area is 216 Å². The summed E-state index contributed by atoms with van der Waals surface area (Å²) >= 11 is 6.08. The molecule has 1 spiro atoms. The number of rotatable bonds is 4. The van der Waals surface area contributed by atoms with Gasteiger partial charge in [0, 0.05) is 44.2 Å². The van der Waals surface area contributed by atoms with Crippen molar-refractivity contribution in [2.45, 2.75) is 35.9 Å². The Morgan fingerprint density at radius 1 is 1.08 bits per heavy atom. The molecule has 0 bridgehead atoms. The smallest absolute Gasteiger partial charge is 0.243 e. The Kier molecular flexibility index (Phi) is 6.32. The number of likely N-dealkylation sites (N-methyl/N-ethyl adjacent to an activating group) is 1. The fourth-order valence-electron chi connectivity index (χ4n) is 6.11. The van der Waals surface area contributed by atoms with E-state index in [0.717, 1.165) is 10.8 Å². The molecule has 0 aromatic heterocycles. The highest BCUT2D eigenvalue weighted by Crippen LogP contribution is 2.45. The molecule has 0 aliphatic carbocycles. The molecular weight excluding hydrogens is 504 g/mol. The number of ether oxygens (including phenoxy) is 1. The summed E-state index contributed by atoms with van der Waals surface area (Å²) in [5, 5.41) is 2.17. The molecule has 3 aliphatic heterocycles. The van der Waals surface area contributed by atoms with Crippen LogP contribution in [-0.2, 0) is 24.3 Å². The standard InChI is InChI=1S/C25H31ClN4O5S/c1-18(31)28-10-8-24(9-11-28)15-30-23(32)14-29(16-25(30,17-35-3)27(24)2)36(33,34)22-7-5-19-12-21(26)6-4-20(19)13-22/h4-7,12-13H,8-11,14-17H2,1-3H3. The second-order valence-electron chi connectivity index (χ2n) is 10.1. The van der Waals surface area contributed by atoms with E-state index < -0.39 is 15.7 Å². The molecule has 3 fully saturated rings. The topological polar surface area (TPSA) is 90.5 Å². The third kappa shape index (κ3) is 3.90. The number of methoxy groups -OCH3 is 1. The fourth-order valence-corrected chi connectivity index (χ4v) is 7.77. The number of hydrogen-bond donors (Lipinski definition) is 0. The molecule has 11 heteroatoms. The monoisotopic (exact) mass is 534 g/mol. The summed E-state index contributed by atoms with van der Waals surface area (Å²) in [6, 6.07) is 10.2.